The zero-order valence-electron chi connectivity index (χ0n) is 16.4. The molecule has 0 aliphatic carbocycles. The molecule has 0 spiro atoms. The van der Waals surface area contributed by atoms with Crippen LogP contribution >= 0.6 is 24.0 Å². The van der Waals surface area contributed by atoms with Crippen molar-refractivity contribution in [2.45, 2.75) is 31.6 Å². The molecule has 1 aromatic heterocycles. The Bertz CT molecular complexity index is 810. The van der Waals surface area contributed by atoms with Crippen molar-refractivity contribution in [1.29, 1.82) is 0 Å². The standard InChI is InChI=1S/C19H25ClN4O3.ClH.H2O/c1-25-9-2-6-24-7-3-12(4-8-24)18-22-19(27-23-18)14-11-15(20)16(21)13-5-10-26-17(13)14;;/h11-12H,2-10,21H2,1H3;1H;1H2. The van der Waals surface area contributed by atoms with Crippen LogP contribution in [0.4, 0.5) is 5.69 Å². The average Bonchev–Trinajstić information content (AvgIpc) is 3.36. The van der Waals surface area contributed by atoms with Crippen LogP contribution in [0.3, 0.4) is 0 Å². The first kappa shape index (κ1) is 23.7. The third-order valence-corrected chi connectivity index (χ3v) is 5.73. The van der Waals surface area contributed by atoms with Crippen LogP contribution in [-0.2, 0) is 11.2 Å². The summed E-state index contributed by atoms with van der Waals surface area (Å²) in [5.74, 6) is 2.26. The Labute approximate surface area is 181 Å². The highest BCUT2D eigenvalue weighted by atomic mass is 35.5. The molecule has 0 amide bonds. The molecule has 3 heterocycles. The van der Waals surface area contributed by atoms with Crippen LogP contribution in [0.15, 0.2) is 10.6 Å². The topological polar surface area (TPSA) is 118 Å². The Morgan fingerprint density at radius 3 is 2.83 bits per heavy atom. The Balaban J connectivity index is 0.00000150. The van der Waals surface area contributed by atoms with E-state index in [-0.39, 0.29) is 17.9 Å². The van der Waals surface area contributed by atoms with Gasteiger partial charge in [-0.2, -0.15) is 4.98 Å². The first-order chi connectivity index (χ1) is 13.2. The average molecular weight is 447 g/mol. The van der Waals surface area contributed by atoms with Gasteiger partial charge in [-0.3, -0.25) is 0 Å². The van der Waals surface area contributed by atoms with Crippen molar-refractivity contribution in [2.24, 2.45) is 0 Å². The summed E-state index contributed by atoms with van der Waals surface area (Å²) < 4.78 is 16.4. The molecule has 2 aromatic rings. The summed E-state index contributed by atoms with van der Waals surface area (Å²) >= 11 is 6.29. The van der Waals surface area contributed by atoms with Gasteiger partial charge in [0.1, 0.15) is 5.75 Å². The van der Waals surface area contributed by atoms with E-state index in [1.54, 1.807) is 13.2 Å². The lowest BCUT2D eigenvalue weighted by Crippen LogP contribution is -2.34. The number of nitrogens with zero attached hydrogens (tertiary/aromatic N) is 3. The molecule has 29 heavy (non-hydrogen) atoms. The molecule has 1 aromatic carbocycles. The second-order valence-corrected chi connectivity index (χ2v) is 7.55. The van der Waals surface area contributed by atoms with Crippen LogP contribution in [0.1, 0.15) is 36.6 Å². The van der Waals surface area contributed by atoms with Gasteiger partial charge in [0.25, 0.3) is 5.89 Å². The summed E-state index contributed by atoms with van der Waals surface area (Å²) in [6, 6.07) is 1.76. The van der Waals surface area contributed by atoms with Crippen LogP contribution in [0, 0.1) is 0 Å². The summed E-state index contributed by atoms with van der Waals surface area (Å²) in [4.78, 5) is 7.13. The predicted molar refractivity (Wildman–Crippen MR) is 114 cm³/mol. The number of hydrogen-bond donors (Lipinski definition) is 1. The SMILES string of the molecule is COCCCN1CCC(c2noc(-c3cc(Cl)c(N)c4c3OCC4)n2)CC1.Cl.O. The molecule has 0 saturated carbocycles. The molecule has 2 aliphatic rings. The molecule has 4 N–H and O–H groups in total. The third-order valence-electron chi connectivity index (χ3n) is 5.42. The molecule has 4 rings (SSSR count). The molecule has 0 bridgehead atoms. The van der Waals surface area contributed by atoms with Gasteiger partial charge in [0.15, 0.2) is 5.82 Å². The van der Waals surface area contributed by atoms with Gasteiger partial charge in [-0.05, 0) is 38.4 Å². The fourth-order valence-electron chi connectivity index (χ4n) is 3.88. The van der Waals surface area contributed by atoms with Crippen molar-refractivity contribution in [3.05, 3.63) is 22.5 Å². The maximum Gasteiger partial charge on any atom is 0.261 e. The zero-order valence-corrected chi connectivity index (χ0v) is 18.0. The molecule has 0 atom stereocenters. The molecule has 0 unspecified atom stereocenters. The number of piperidine rings is 1. The van der Waals surface area contributed by atoms with E-state index in [4.69, 9.17) is 31.3 Å². The van der Waals surface area contributed by atoms with E-state index in [0.717, 1.165) is 74.6 Å². The highest BCUT2D eigenvalue weighted by Gasteiger charge is 2.28. The van der Waals surface area contributed by atoms with Crippen LogP contribution in [-0.4, -0.2) is 60.5 Å². The fourth-order valence-corrected chi connectivity index (χ4v) is 4.11. The van der Waals surface area contributed by atoms with Crippen LogP contribution < -0.4 is 10.5 Å². The Hall–Kier alpha value is -1.58. The first-order valence-electron chi connectivity index (χ1n) is 9.46. The van der Waals surface area contributed by atoms with Crippen molar-refractivity contribution in [2.75, 3.05) is 45.7 Å². The number of methoxy groups -OCH3 is 1. The number of hydrogen-bond acceptors (Lipinski definition) is 7. The Morgan fingerprint density at radius 1 is 1.34 bits per heavy atom. The van der Waals surface area contributed by atoms with E-state index < -0.39 is 0 Å². The summed E-state index contributed by atoms with van der Waals surface area (Å²) in [6.07, 6.45) is 3.87. The first-order valence-corrected chi connectivity index (χ1v) is 9.84. The molecule has 2 aliphatic heterocycles. The number of halogens is 2. The monoisotopic (exact) mass is 446 g/mol. The number of rotatable bonds is 6. The van der Waals surface area contributed by atoms with Gasteiger partial charge >= 0.3 is 0 Å². The van der Waals surface area contributed by atoms with Crippen molar-refractivity contribution >= 4 is 29.7 Å². The van der Waals surface area contributed by atoms with E-state index in [9.17, 15) is 0 Å². The van der Waals surface area contributed by atoms with E-state index in [2.05, 4.69) is 15.0 Å². The summed E-state index contributed by atoms with van der Waals surface area (Å²) in [5, 5.41) is 4.74. The van der Waals surface area contributed by atoms with Crippen molar-refractivity contribution in [1.82, 2.24) is 15.0 Å². The van der Waals surface area contributed by atoms with Crippen LogP contribution in [0.25, 0.3) is 11.5 Å². The molecule has 1 saturated heterocycles. The highest BCUT2D eigenvalue weighted by molar-refractivity contribution is 6.33. The number of fused-ring (bicyclic) bond motifs is 1. The number of nitrogen functional groups attached to an aromatic ring is 1. The van der Waals surface area contributed by atoms with E-state index >= 15 is 0 Å². The van der Waals surface area contributed by atoms with Gasteiger partial charge in [0, 0.05) is 38.2 Å². The molecule has 162 valence electrons. The molecular formula is C19H28Cl2N4O4. The lowest BCUT2D eigenvalue weighted by Gasteiger charge is -2.30. The van der Waals surface area contributed by atoms with E-state index in [1.165, 1.54) is 0 Å². The van der Waals surface area contributed by atoms with Crippen LogP contribution in [0.2, 0.25) is 5.02 Å². The largest absolute Gasteiger partial charge is 0.492 e. The second kappa shape index (κ2) is 10.4. The number of anilines is 1. The molecule has 0 radical (unpaired) electrons. The fraction of sp³-hybridized carbons (Fsp3) is 0.579. The second-order valence-electron chi connectivity index (χ2n) is 7.15. The van der Waals surface area contributed by atoms with Gasteiger partial charge in [-0.25, -0.2) is 0 Å². The summed E-state index contributed by atoms with van der Waals surface area (Å²) in [6.45, 7) is 4.57. The van der Waals surface area contributed by atoms with Gasteiger partial charge in [-0.15, -0.1) is 12.4 Å². The third kappa shape index (κ3) is 4.95. The number of ether oxygens (including phenoxy) is 2. The summed E-state index contributed by atoms with van der Waals surface area (Å²) in [5.41, 5.74) is 8.31. The smallest absolute Gasteiger partial charge is 0.261 e. The van der Waals surface area contributed by atoms with Crippen LogP contribution in [0.5, 0.6) is 5.75 Å². The van der Waals surface area contributed by atoms with E-state index in [1.807, 2.05) is 0 Å². The molecule has 10 heteroatoms. The Morgan fingerprint density at radius 2 is 2.10 bits per heavy atom. The molecule has 1 fully saturated rings. The maximum absolute atomic E-state index is 6.29. The lowest BCUT2D eigenvalue weighted by atomic mass is 9.96. The number of likely N-dealkylation sites (tertiary alicyclic amines) is 1. The van der Waals surface area contributed by atoms with Crippen molar-refractivity contribution in [3.63, 3.8) is 0 Å². The minimum atomic E-state index is 0. The predicted octanol–water partition coefficient (Wildman–Crippen LogP) is 2.72. The lowest BCUT2D eigenvalue weighted by molar-refractivity contribution is 0.156. The normalized spacial score (nSPS) is 16.6. The van der Waals surface area contributed by atoms with Gasteiger partial charge < -0.3 is 30.1 Å². The quantitative estimate of drug-likeness (QED) is 0.534. The van der Waals surface area contributed by atoms with Crippen molar-refractivity contribution in [3.8, 4) is 17.2 Å². The maximum atomic E-state index is 6.29. The number of aromatic nitrogens is 2. The van der Waals surface area contributed by atoms with Gasteiger partial charge in [0.05, 0.1) is 22.9 Å². The number of benzene rings is 1. The summed E-state index contributed by atoms with van der Waals surface area (Å²) in [7, 11) is 1.74. The Kier molecular flexibility index (Phi) is 8.54. The minimum Gasteiger partial charge on any atom is -0.492 e. The van der Waals surface area contributed by atoms with Gasteiger partial charge in [0.2, 0.25) is 0 Å². The number of nitrogens with two attached hydrogens (primary N) is 1. The van der Waals surface area contributed by atoms with E-state index in [0.29, 0.717) is 29.1 Å². The van der Waals surface area contributed by atoms with Gasteiger partial charge in [-0.1, -0.05) is 16.8 Å². The van der Waals surface area contributed by atoms with Crippen molar-refractivity contribution < 1.29 is 19.5 Å². The molecule has 8 nitrogen and oxygen atoms in total. The molecular weight excluding hydrogens is 419 g/mol. The zero-order chi connectivity index (χ0) is 18.8. The highest BCUT2D eigenvalue weighted by Crippen LogP contribution is 2.43. The minimum absolute atomic E-state index is 0.